The van der Waals surface area contributed by atoms with Crippen molar-refractivity contribution in [1.82, 2.24) is 9.80 Å². The van der Waals surface area contributed by atoms with Crippen molar-refractivity contribution in [3.8, 4) is 0 Å². The van der Waals surface area contributed by atoms with Gasteiger partial charge >= 0.3 is 0 Å². The third-order valence-electron chi connectivity index (χ3n) is 5.11. The van der Waals surface area contributed by atoms with Crippen LogP contribution in [-0.2, 0) is 11.3 Å². The fraction of sp³-hybridized carbons (Fsp3) is 0.348. The van der Waals surface area contributed by atoms with Crippen LogP contribution in [0.15, 0.2) is 48.5 Å². The SMILES string of the molecule is CC(C)c1ccc(/C=C/C(=O)N2CCN(Cc3ccc(F)cc3Cl)CC2)cc1. The number of hydrogen-bond donors (Lipinski definition) is 0. The van der Waals surface area contributed by atoms with Gasteiger partial charge in [0.1, 0.15) is 5.82 Å². The van der Waals surface area contributed by atoms with E-state index in [4.69, 9.17) is 11.6 Å². The van der Waals surface area contributed by atoms with Gasteiger partial charge in [-0.25, -0.2) is 4.39 Å². The molecule has 1 fully saturated rings. The molecule has 1 aliphatic heterocycles. The minimum atomic E-state index is -0.324. The van der Waals surface area contributed by atoms with E-state index in [2.05, 4.69) is 30.9 Å². The summed E-state index contributed by atoms with van der Waals surface area (Å²) in [6.07, 6.45) is 3.52. The monoisotopic (exact) mass is 400 g/mol. The Morgan fingerprint density at radius 2 is 1.79 bits per heavy atom. The predicted octanol–water partition coefficient (Wildman–Crippen LogP) is 4.96. The molecular formula is C23H26ClFN2O. The third kappa shape index (κ3) is 5.43. The van der Waals surface area contributed by atoms with Crippen LogP contribution in [0.4, 0.5) is 4.39 Å². The molecule has 2 aromatic carbocycles. The predicted molar refractivity (Wildman–Crippen MR) is 113 cm³/mol. The van der Waals surface area contributed by atoms with E-state index in [1.165, 1.54) is 17.7 Å². The topological polar surface area (TPSA) is 23.6 Å². The first kappa shape index (κ1) is 20.6. The fourth-order valence-corrected chi connectivity index (χ4v) is 3.51. The molecule has 3 nitrogen and oxygen atoms in total. The van der Waals surface area contributed by atoms with Gasteiger partial charge in [-0.1, -0.05) is 55.8 Å². The molecule has 2 aromatic rings. The van der Waals surface area contributed by atoms with Crippen LogP contribution in [0.2, 0.25) is 5.02 Å². The zero-order chi connectivity index (χ0) is 20.1. The number of carbonyl (C=O) groups is 1. The van der Waals surface area contributed by atoms with E-state index in [1.807, 2.05) is 23.1 Å². The third-order valence-corrected chi connectivity index (χ3v) is 5.47. The molecule has 148 valence electrons. The molecule has 1 aliphatic rings. The molecule has 0 aliphatic carbocycles. The summed E-state index contributed by atoms with van der Waals surface area (Å²) in [7, 11) is 0. The summed E-state index contributed by atoms with van der Waals surface area (Å²) >= 11 is 6.11. The molecule has 0 saturated carbocycles. The van der Waals surface area contributed by atoms with Gasteiger partial charge in [0, 0.05) is 43.8 Å². The van der Waals surface area contributed by atoms with Crippen LogP contribution in [0.25, 0.3) is 6.08 Å². The number of piperazine rings is 1. The first-order valence-corrected chi connectivity index (χ1v) is 10.0. The molecule has 28 heavy (non-hydrogen) atoms. The van der Waals surface area contributed by atoms with Gasteiger partial charge in [-0.2, -0.15) is 0 Å². The largest absolute Gasteiger partial charge is 0.337 e. The summed E-state index contributed by atoms with van der Waals surface area (Å²) in [5.74, 6) is 0.211. The minimum Gasteiger partial charge on any atom is -0.337 e. The Bertz CT molecular complexity index is 840. The number of halogens is 2. The molecule has 0 aromatic heterocycles. The minimum absolute atomic E-state index is 0.0346. The number of benzene rings is 2. The van der Waals surface area contributed by atoms with Crippen molar-refractivity contribution in [3.63, 3.8) is 0 Å². The van der Waals surface area contributed by atoms with Crippen LogP contribution in [0.5, 0.6) is 0 Å². The summed E-state index contributed by atoms with van der Waals surface area (Å²) < 4.78 is 13.2. The number of hydrogen-bond acceptors (Lipinski definition) is 2. The van der Waals surface area contributed by atoms with E-state index in [0.29, 0.717) is 30.6 Å². The summed E-state index contributed by atoms with van der Waals surface area (Å²) in [6, 6.07) is 12.8. The van der Waals surface area contributed by atoms with Crippen molar-refractivity contribution in [2.45, 2.75) is 26.3 Å². The average Bonchev–Trinajstić information content (AvgIpc) is 2.69. The van der Waals surface area contributed by atoms with Crippen molar-refractivity contribution in [2.75, 3.05) is 26.2 Å². The van der Waals surface area contributed by atoms with Crippen LogP contribution in [0, 0.1) is 5.82 Å². The molecule has 1 heterocycles. The molecule has 0 N–H and O–H groups in total. The summed E-state index contributed by atoms with van der Waals surface area (Å²) in [6.45, 7) is 7.89. The van der Waals surface area contributed by atoms with E-state index in [1.54, 1.807) is 12.1 Å². The summed E-state index contributed by atoms with van der Waals surface area (Å²) in [5, 5.41) is 0.449. The van der Waals surface area contributed by atoms with E-state index >= 15 is 0 Å². The second-order valence-corrected chi connectivity index (χ2v) is 7.90. The Morgan fingerprint density at radius 3 is 2.39 bits per heavy atom. The maximum atomic E-state index is 13.2. The lowest BCUT2D eigenvalue weighted by Crippen LogP contribution is -2.47. The normalized spacial score (nSPS) is 15.5. The molecule has 1 saturated heterocycles. The summed E-state index contributed by atoms with van der Waals surface area (Å²) in [4.78, 5) is 16.6. The molecule has 0 unspecified atom stereocenters. The summed E-state index contributed by atoms with van der Waals surface area (Å²) in [5.41, 5.74) is 3.23. The molecule has 3 rings (SSSR count). The van der Waals surface area contributed by atoms with Crippen molar-refractivity contribution in [1.29, 1.82) is 0 Å². The molecule has 0 bridgehead atoms. The Labute approximate surface area is 171 Å². The molecule has 0 atom stereocenters. The van der Waals surface area contributed by atoms with Crippen molar-refractivity contribution >= 4 is 23.6 Å². The molecular weight excluding hydrogens is 375 g/mol. The highest BCUT2D eigenvalue weighted by Gasteiger charge is 2.20. The van der Waals surface area contributed by atoms with Crippen LogP contribution >= 0.6 is 11.6 Å². The van der Waals surface area contributed by atoms with Gasteiger partial charge in [-0.3, -0.25) is 9.69 Å². The zero-order valence-electron chi connectivity index (χ0n) is 16.4. The number of rotatable bonds is 5. The van der Waals surface area contributed by atoms with E-state index in [9.17, 15) is 9.18 Å². The molecule has 1 amide bonds. The van der Waals surface area contributed by atoms with Crippen LogP contribution in [-0.4, -0.2) is 41.9 Å². The Balaban J connectivity index is 1.50. The van der Waals surface area contributed by atoms with Gasteiger partial charge in [-0.05, 0) is 40.8 Å². The van der Waals surface area contributed by atoms with Crippen LogP contribution < -0.4 is 0 Å². The van der Waals surface area contributed by atoms with E-state index < -0.39 is 0 Å². The standard InChI is InChI=1S/C23H26ClFN2O/c1-17(2)19-6-3-18(4-7-19)5-10-23(28)27-13-11-26(12-14-27)16-20-8-9-21(25)15-22(20)24/h3-10,15,17H,11-14,16H2,1-2H3/b10-5+. The number of nitrogens with zero attached hydrogens (tertiary/aromatic N) is 2. The second kappa shape index (κ2) is 9.35. The highest BCUT2D eigenvalue weighted by atomic mass is 35.5. The van der Waals surface area contributed by atoms with Crippen LogP contribution in [0.1, 0.15) is 36.5 Å². The Hall–Kier alpha value is -2.17. The fourth-order valence-electron chi connectivity index (χ4n) is 3.28. The lowest BCUT2D eigenvalue weighted by Gasteiger charge is -2.34. The van der Waals surface area contributed by atoms with Gasteiger partial charge in [0.2, 0.25) is 5.91 Å². The van der Waals surface area contributed by atoms with Crippen LogP contribution in [0.3, 0.4) is 0 Å². The van der Waals surface area contributed by atoms with Gasteiger partial charge in [0.25, 0.3) is 0 Å². The van der Waals surface area contributed by atoms with Crippen molar-refractivity contribution in [2.24, 2.45) is 0 Å². The van der Waals surface area contributed by atoms with Crippen molar-refractivity contribution in [3.05, 3.63) is 76.1 Å². The van der Waals surface area contributed by atoms with Gasteiger partial charge in [-0.15, -0.1) is 0 Å². The quantitative estimate of drug-likeness (QED) is 0.662. The number of carbonyl (C=O) groups excluding carboxylic acids is 1. The second-order valence-electron chi connectivity index (χ2n) is 7.49. The molecule has 5 heteroatoms. The highest BCUT2D eigenvalue weighted by molar-refractivity contribution is 6.31. The van der Waals surface area contributed by atoms with Gasteiger partial charge < -0.3 is 4.90 Å². The van der Waals surface area contributed by atoms with E-state index in [0.717, 1.165) is 24.2 Å². The zero-order valence-corrected chi connectivity index (χ0v) is 17.1. The highest BCUT2D eigenvalue weighted by Crippen LogP contribution is 2.20. The molecule has 0 radical (unpaired) electrons. The average molecular weight is 401 g/mol. The first-order valence-electron chi connectivity index (χ1n) is 9.65. The maximum Gasteiger partial charge on any atom is 0.246 e. The Kier molecular flexibility index (Phi) is 6.87. The number of amides is 1. The molecule has 0 spiro atoms. The smallest absolute Gasteiger partial charge is 0.246 e. The van der Waals surface area contributed by atoms with Crippen molar-refractivity contribution < 1.29 is 9.18 Å². The lowest BCUT2D eigenvalue weighted by molar-refractivity contribution is -0.127. The van der Waals surface area contributed by atoms with Gasteiger partial charge in [0.15, 0.2) is 0 Å². The maximum absolute atomic E-state index is 13.2. The first-order chi connectivity index (χ1) is 13.4. The Morgan fingerprint density at radius 1 is 1.11 bits per heavy atom. The van der Waals surface area contributed by atoms with Gasteiger partial charge in [0.05, 0.1) is 0 Å². The van der Waals surface area contributed by atoms with E-state index in [-0.39, 0.29) is 11.7 Å². The lowest BCUT2D eigenvalue weighted by atomic mass is 10.0.